The fourth-order valence-corrected chi connectivity index (χ4v) is 6.32. The number of benzene rings is 2. The van der Waals surface area contributed by atoms with Gasteiger partial charge in [0.25, 0.3) is 5.91 Å². The van der Waals surface area contributed by atoms with Crippen LogP contribution in [0.15, 0.2) is 53.4 Å². The van der Waals surface area contributed by atoms with Gasteiger partial charge in [-0.2, -0.15) is 0 Å². The smallest absolute Gasteiger partial charge is 0.310 e. The molecule has 192 valence electrons. The molecule has 1 aliphatic heterocycles. The number of ether oxygens (including phenoxy) is 1. The molecule has 1 saturated heterocycles. The minimum Gasteiger partial charge on any atom is -0.466 e. The van der Waals surface area contributed by atoms with E-state index in [0.29, 0.717) is 42.9 Å². The van der Waals surface area contributed by atoms with Crippen molar-refractivity contribution in [1.29, 1.82) is 0 Å². The van der Waals surface area contributed by atoms with E-state index in [2.05, 4.69) is 0 Å². The van der Waals surface area contributed by atoms with Crippen LogP contribution < -0.4 is 4.90 Å². The van der Waals surface area contributed by atoms with Crippen molar-refractivity contribution in [3.05, 3.63) is 54.1 Å². The third-order valence-electron chi connectivity index (χ3n) is 6.62. The molecule has 0 aromatic heterocycles. The molecule has 2 fully saturated rings. The van der Waals surface area contributed by atoms with Gasteiger partial charge in [-0.05, 0) is 74.9 Å². The summed E-state index contributed by atoms with van der Waals surface area (Å²) in [5.74, 6) is -0.877. The molecule has 2 aromatic rings. The summed E-state index contributed by atoms with van der Waals surface area (Å²) in [5.41, 5.74) is 1.21. The molecule has 1 saturated carbocycles. The van der Waals surface area contributed by atoms with Crippen LogP contribution in [-0.2, 0) is 24.2 Å². The molecule has 1 unspecified atom stereocenters. The minimum absolute atomic E-state index is 0.142. The number of para-hydroxylation sites is 1. The highest BCUT2D eigenvalue weighted by atomic mass is 32.2. The van der Waals surface area contributed by atoms with E-state index in [0.717, 1.165) is 12.8 Å². The predicted molar refractivity (Wildman–Crippen MR) is 136 cm³/mol. The summed E-state index contributed by atoms with van der Waals surface area (Å²) < 4.78 is 30.4. The molecule has 9 heteroatoms. The second-order valence-corrected chi connectivity index (χ2v) is 11.5. The summed E-state index contributed by atoms with van der Waals surface area (Å²) in [4.78, 5) is 41.9. The van der Waals surface area contributed by atoms with Crippen LogP contribution in [0.5, 0.6) is 0 Å². The molecule has 8 nitrogen and oxygen atoms in total. The number of likely N-dealkylation sites (tertiary alicyclic amines) is 1. The van der Waals surface area contributed by atoms with E-state index >= 15 is 0 Å². The fraction of sp³-hybridized carbons (Fsp3) is 0.444. The number of carbonyl (C=O) groups is 3. The number of sulfone groups is 1. The van der Waals surface area contributed by atoms with Crippen LogP contribution in [0.1, 0.15) is 49.9 Å². The Kier molecular flexibility index (Phi) is 7.78. The maximum atomic E-state index is 13.6. The van der Waals surface area contributed by atoms with Crippen LogP contribution >= 0.6 is 0 Å². The number of hydrogen-bond donors (Lipinski definition) is 0. The van der Waals surface area contributed by atoms with Gasteiger partial charge >= 0.3 is 5.97 Å². The first-order chi connectivity index (χ1) is 17.2. The molecule has 0 bridgehead atoms. The molecule has 0 N–H and O–H groups in total. The lowest BCUT2D eigenvalue weighted by molar-refractivity contribution is -0.149. The minimum atomic E-state index is -3.38. The van der Waals surface area contributed by atoms with Crippen LogP contribution in [0.25, 0.3) is 0 Å². The lowest BCUT2D eigenvalue weighted by Gasteiger charge is -2.33. The molecule has 0 spiro atoms. The van der Waals surface area contributed by atoms with Gasteiger partial charge in [0.2, 0.25) is 5.91 Å². The Morgan fingerprint density at radius 1 is 1.03 bits per heavy atom. The lowest BCUT2D eigenvalue weighted by atomic mass is 9.97. The third kappa shape index (κ3) is 5.78. The van der Waals surface area contributed by atoms with Crippen molar-refractivity contribution in [3.8, 4) is 0 Å². The summed E-state index contributed by atoms with van der Waals surface area (Å²) in [7, 11) is -3.38. The number of rotatable bonds is 8. The molecule has 2 amide bonds. The predicted octanol–water partition coefficient (Wildman–Crippen LogP) is 3.97. The van der Waals surface area contributed by atoms with Crippen molar-refractivity contribution in [2.45, 2.75) is 44.4 Å². The Labute approximate surface area is 212 Å². The van der Waals surface area contributed by atoms with E-state index in [4.69, 9.17) is 4.74 Å². The largest absolute Gasteiger partial charge is 0.466 e. The van der Waals surface area contributed by atoms with Crippen molar-refractivity contribution in [2.75, 3.05) is 30.3 Å². The highest BCUT2D eigenvalue weighted by Crippen LogP contribution is 2.34. The van der Waals surface area contributed by atoms with Gasteiger partial charge in [-0.3, -0.25) is 19.3 Å². The summed E-state index contributed by atoms with van der Waals surface area (Å²) in [6, 6.07) is 13.1. The highest BCUT2D eigenvalue weighted by Gasteiger charge is 2.32. The van der Waals surface area contributed by atoms with Crippen LogP contribution in [0.3, 0.4) is 0 Å². The molecule has 1 atom stereocenters. The molecular formula is C27H32N2O6S. The van der Waals surface area contributed by atoms with Crippen molar-refractivity contribution in [2.24, 2.45) is 11.8 Å². The average Bonchev–Trinajstić information content (AvgIpc) is 3.68. The van der Waals surface area contributed by atoms with E-state index in [-0.39, 0.29) is 46.8 Å². The van der Waals surface area contributed by atoms with Gasteiger partial charge in [-0.1, -0.05) is 12.1 Å². The number of amides is 2. The maximum absolute atomic E-state index is 13.6. The number of anilines is 2. The Morgan fingerprint density at radius 3 is 2.36 bits per heavy atom. The zero-order valence-electron chi connectivity index (χ0n) is 20.7. The third-order valence-corrected chi connectivity index (χ3v) is 8.53. The summed E-state index contributed by atoms with van der Waals surface area (Å²) >= 11 is 0. The lowest BCUT2D eigenvalue weighted by Crippen LogP contribution is -2.43. The molecule has 1 heterocycles. The van der Waals surface area contributed by atoms with Gasteiger partial charge in [0, 0.05) is 25.7 Å². The highest BCUT2D eigenvalue weighted by molar-refractivity contribution is 7.91. The van der Waals surface area contributed by atoms with E-state index < -0.39 is 9.84 Å². The van der Waals surface area contributed by atoms with E-state index in [1.165, 1.54) is 24.0 Å². The van der Waals surface area contributed by atoms with Crippen LogP contribution in [-0.4, -0.2) is 56.6 Å². The number of hydrogen-bond acceptors (Lipinski definition) is 6. The number of nitrogens with zero attached hydrogens (tertiary/aromatic N) is 2. The molecule has 0 radical (unpaired) electrons. The second kappa shape index (κ2) is 10.8. The first kappa shape index (κ1) is 25.9. The molecule has 4 rings (SSSR count). The zero-order chi connectivity index (χ0) is 25.9. The Morgan fingerprint density at radius 2 is 1.72 bits per heavy atom. The quantitative estimate of drug-likeness (QED) is 0.496. The van der Waals surface area contributed by atoms with E-state index in [1.54, 1.807) is 48.2 Å². The zero-order valence-corrected chi connectivity index (χ0v) is 21.5. The Hall–Kier alpha value is -3.20. The standard InChI is InChI=1S/C27H32N2O6S/c1-3-35-27(32)21-7-6-16-28(17-21)26(31)24-8-4-5-9-25(24)29(19(2)30)22-12-14-23(15-13-22)36(33,34)18-20-10-11-20/h4-5,8-9,12-15,20-21H,3,6-7,10-11,16-18H2,1-2H3. The van der Waals surface area contributed by atoms with Crippen molar-refractivity contribution in [3.63, 3.8) is 0 Å². The van der Waals surface area contributed by atoms with Crippen molar-refractivity contribution in [1.82, 2.24) is 4.90 Å². The molecule has 1 aliphatic carbocycles. The summed E-state index contributed by atoms with van der Waals surface area (Å²) in [6.45, 7) is 4.22. The number of piperidine rings is 1. The molecule has 2 aromatic carbocycles. The normalized spacial score (nSPS) is 17.9. The topological polar surface area (TPSA) is 101 Å². The average molecular weight is 513 g/mol. The number of esters is 1. The number of carbonyl (C=O) groups excluding carboxylic acids is 3. The first-order valence-electron chi connectivity index (χ1n) is 12.4. The van der Waals surface area contributed by atoms with Crippen LogP contribution in [0.2, 0.25) is 0 Å². The van der Waals surface area contributed by atoms with Gasteiger partial charge in [-0.15, -0.1) is 0 Å². The van der Waals surface area contributed by atoms with Gasteiger partial charge in [0.15, 0.2) is 9.84 Å². The van der Waals surface area contributed by atoms with E-state index in [9.17, 15) is 22.8 Å². The maximum Gasteiger partial charge on any atom is 0.310 e. The van der Waals surface area contributed by atoms with Gasteiger partial charge in [-0.25, -0.2) is 8.42 Å². The van der Waals surface area contributed by atoms with Crippen molar-refractivity contribution < 1.29 is 27.5 Å². The Bertz CT molecular complexity index is 1240. The summed E-state index contributed by atoms with van der Waals surface area (Å²) in [6.07, 6.45) is 3.24. The SMILES string of the molecule is CCOC(=O)C1CCCN(C(=O)c2ccccc2N(C(C)=O)c2ccc(S(=O)(=O)CC3CC3)cc2)C1. The van der Waals surface area contributed by atoms with Gasteiger partial charge in [0.05, 0.1) is 34.4 Å². The Balaban J connectivity index is 1.60. The monoisotopic (exact) mass is 512 g/mol. The molecular weight excluding hydrogens is 480 g/mol. The van der Waals surface area contributed by atoms with Gasteiger partial charge in [0.1, 0.15) is 0 Å². The molecule has 36 heavy (non-hydrogen) atoms. The fourth-order valence-electron chi connectivity index (χ4n) is 4.62. The first-order valence-corrected chi connectivity index (χ1v) is 14.0. The van der Waals surface area contributed by atoms with Crippen LogP contribution in [0.4, 0.5) is 11.4 Å². The van der Waals surface area contributed by atoms with Crippen molar-refractivity contribution >= 4 is 39.0 Å². The second-order valence-electron chi connectivity index (χ2n) is 9.43. The molecule has 2 aliphatic rings. The summed E-state index contributed by atoms with van der Waals surface area (Å²) in [5, 5.41) is 0. The van der Waals surface area contributed by atoms with Crippen LogP contribution in [0, 0.1) is 11.8 Å². The van der Waals surface area contributed by atoms with E-state index in [1.807, 2.05) is 0 Å². The van der Waals surface area contributed by atoms with Gasteiger partial charge < -0.3 is 9.64 Å².